The van der Waals surface area contributed by atoms with E-state index in [-0.39, 0.29) is 23.6 Å². The number of cyclic esters (lactones) is 1. The zero-order valence-electron chi connectivity index (χ0n) is 14.7. The van der Waals surface area contributed by atoms with E-state index in [2.05, 4.69) is 0 Å². The third-order valence-electron chi connectivity index (χ3n) is 4.15. The van der Waals surface area contributed by atoms with Gasteiger partial charge >= 0.3 is 11.9 Å². The number of esters is 2. The number of benzene rings is 2. The third-order valence-corrected chi connectivity index (χ3v) is 6.06. The fourth-order valence-corrected chi connectivity index (χ4v) is 4.23. The van der Waals surface area contributed by atoms with Gasteiger partial charge in [0.05, 0.1) is 22.8 Å². The summed E-state index contributed by atoms with van der Waals surface area (Å²) in [4.78, 5) is 23.6. The highest BCUT2D eigenvalue weighted by Crippen LogP contribution is 2.24. The van der Waals surface area contributed by atoms with Crippen LogP contribution in [0.5, 0.6) is 0 Å². The molecule has 0 aromatic heterocycles. The van der Waals surface area contributed by atoms with Crippen molar-refractivity contribution in [2.45, 2.75) is 24.3 Å². The van der Waals surface area contributed by atoms with E-state index >= 15 is 0 Å². The molecule has 0 spiro atoms. The number of carbonyl (C=O) groups excluding carboxylic acids is 2. The molecule has 142 valence electrons. The molecule has 0 saturated carbocycles. The monoisotopic (exact) mass is 389 g/mol. The van der Waals surface area contributed by atoms with Gasteiger partial charge in [-0.25, -0.2) is 18.0 Å². The van der Waals surface area contributed by atoms with Crippen LogP contribution in [0.15, 0.2) is 59.5 Å². The van der Waals surface area contributed by atoms with Crippen LogP contribution in [0.25, 0.3) is 0 Å². The van der Waals surface area contributed by atoms with Crippen molar-refractivity contribution in [3.63, 3.8) is 0 Å². The molecule has 2 aromatic rings. The van der Waals surface area contributed by atoms with Gasteiger partial charge in [0.15, 0.2) is 0 Å². The van der Waals surface area contributed by atoms with Crippen LogP contribution in [0.2, 0.25) is 0 Å². The minimum absolute atomic E-state index is 0.0602. The Kier molecular flexibility index (Phi) is 5.46. The lowest BCUT2D eigenvalue weighted by atomic mass is 10.2. The van der Waals surface area contributed by atoms with Crippen LogP contribution in [0.1, 0.15) is 23.7 Å². The van der Waals surface area contributed by atoms with Crippen LogP contribution < -0.4 is 4.31 Å². The zero-order valence-corrected chi connectivity index (χ0v) is 15.5. The van der Waals surface area contributed by atoms with E-state index in [0.717, 1.165) is 0 Å². The number of carbonyl (C=O) groups is 2. The number of rotatable bonds is 6. The molecule has 0 aliphatic carbocycles. The Morgan fingerprint density at radius 1 is 1.15 bits per heavy atom. The van der Waals surface area contributed by atoms with Gasteiger partial charge in [-0.3, -0.25) is 4.31 Å². The summed E-state index contributed by atoms with van der Waals surface area (Å²) in [5.41, 5.74) is 0.722. The van der Waals surface area contributed by atoms with E-state index in [0.29, 0.717) is 12.1 Å². The van der Waals surface area contributed by atoms with Gasteiger partial charge in [0.1, 0.15) is 0 Å². The smallest absolute Gasteiger partial charge is 0.347 e. The molecule has 1 fully saturated rings. The van der Waals surface area contributed by atoms with E-state index in [1.807, 2.05) is 6.07 Å². The summed E-state index contributed by atoms with van der Waals surface area (Å²) in [6.07, 6.45) is -0.589. The van der Waals surface area contributed by atoms with E-state index in [4.69, 9.17) is 9.47 Å². The van der Waals surface area contributed by atoms with Gasteiger partial charge in [0.2, 0.25) is 6.10 Å². The van der Waals surface area contributed by atoms with Crippen LogP contribution in [-0.4, -0.2) is 39.6 Å². The first-order valence-electron chi connectivity index (χ1n) is 8.49. The first kappa shape index (κ1) is 18.9. The maximum Gasteiger partial charge on any atom is 0.347 e. The summed E-state index contributed by atoms with van der Waals surface area (Å²) in [5, 5.41) is 0. The second kappa shape index (κ2) is 7.79. The van der Waals surface area contributed by atoms with Crippen LogP contribution >= 0.6 is 0 Å². The Bertz CT molecular complexity index is 924. The van der Waals surface area contributed by atoms with Crippen molar-refractivity contribution in [2.24, 2.45) is 0 Å². The Morgan fingerprint density at radius 2 is 1.81 bits per heavy atom. The van der Waals surface area contributed by atoms with Crippen molar-refractivity contribution in [1.29, 1.82) is 0 Å². The molecule has 1 aliphatic rings. The molecule has 0 bridgehead atoms. The zero-order chi connectivity index (χ0) is 19.4. The van der Waals surface area contributed by atoms with Gasteiger partial charge in [-0.2, -0.15) is 0 Å². The highest BCUT2D eigenvalue weighted by molar-refractivity contribution is 7.92. The Balaban J connectivity index is 1.79. The number of ether oxygens (including phenoxy) is 2. The lowest BCUT2D eigenvalue weighted by molar-refractivity contribution is -0.145. The molecule has 1 aliphatic heterocycles. The number of sulfonamides is 1. The van der Waals surface area contributed by atoms with Crippen LogP contribution in [0, 0.1) is 0 Å². The summed E-state index contributed by atoms with van der Waals surface area (Å²) < 4.78 is 37.0. The van der Waals surface area contributed by atoms with E-state index in [1.54, 1.807) is 31.2 Å². The van der Waals surface area contributed by atoms with Crippen LogP contribution in [0.3, 0.4) is 0 Å². The van der Waals surface area contributed by atoms with Crippen LogP contribution in [0.4, 0.5) is 5.69 Å². The summed E-state index contributed by atoms with van der Waals surface area (Å²) in [7, 11) is -3.77. The second-order valence-corrected chi connectivity index (χ2v) is 7.74. The predicted octanol–water partition coefficient (Wildman–Crippen LogP) is 2.37. The highest BCUT2D eigenvalue weighted by Gasteiger charge is 2.31. The molecule has 0 radical (unpaired) electrons. The average Bonchev–Trinajstić information content (AvgIpc) is 3.07. The molecule has 0 amide bonds. The standard InChI is InChI=1S/C19H19NO6S/c1-2-20(15-6-4-3-5-7-15)27(23,24)16-10-8-14(9-11-16)18(21)26-17-12-13-25-19(17)22/h3-11,17H,2,12-13H2,1H3/t17-/m1/s1. The average molecular weight is 389 g/mol. The SMILES string of the molecule is CCN(c1ccccc1)S(=O)(=O)c1ccc(C(=O)O[C@@H]2CCOC2=O)cc1. The number of hydrogen-bond donors (Lipinski definition) is 0. The number of hydrogen-bond acceptors (Lipinski definition) is 6. The molecule has 7 nitrogen and oxygen atoms in total. The lowest BCUT2D eigenvalue weighted by Gasteiger charge is -2.23. The third kappa shape index (κ3) is 3.95. The molecular formula is C19H19NO6S. The number of para-hydroxylation sites is 1. The quantitative estimate of drug-likeness (QED) is 0.705. The molecule has 3 rings (SSSR count). The van der Waals surface area contributed by atoms with Gasteiger partial charge in [-0.15, -0.1) is 0 Å². The van der Waals surface area contributed by atoms with Crippen molar-refractivity contribution < 1.29 is 27.5 Å². The van der Waals surface area contributed by atoms with Gasteiger partial charge in [0.25, 0.3) is 10.0 Å². The van der Waals surface area contributed by atoms with E-state index in [9.17, 15) is 18.0 Å². The largest absolute Gasteiger partial charge is 0.463 e. The Hall–Kier alpha value is -2.87. The minimum atomic E-state index is -3.77. The molecule has 2 aromatic carbocycles. The first-order chi connectivity index (χ1) is 12.9. The molecule has 0 unspecified atom stereocenters. The maximum absolute atomic E-state index is 12.9. The molecule has 1 atom stereocenters. The minimum Gasteiger partial charge on any atom is -0.463 e. The van der Waals surface area contributed by atoms with Crippen molar-refractivity contribution in [3.05, 3.63) is 60.2 Å². The number of anilines is 1. The predicted molar refractivity (Wildman–Crippen MR) is 97.9 cm³/mol. The van der Waals surface area contributed by atoms with Gasteiger partial charge in [0, 0.05) is 13.0 Å². The fraction of sp³-hybridized carbons (Fsp3) is 0.263. The molecule has 1 saturated heterocycles. The summed E-state index contributed by atoms with van der Waals surface area (Å²) in [5.74, 6) is -1.26. The van der Waals surface area contributed by atoms with Crippen molar-refractivity contribution in [2.75, 3.05) is 17.5 Å². The van der Waals surface area contributed by atoms with Gasteiger partial charge < -0.3 is 9.47 Å². The maximum atomic E-state index is 12.9. The van der Waals surface area contributed by atoms with E-state index in [1.165, 1.54) is 28.6 Å². The molecule has 8 heteroatoms. The van der Waals surface area contributed by atoms with Crippen molar-refractivity contribution in [3.8, 4) is 0 Å². The highest BCUT2D eigenvalue weighted by atomic mass is 32.2. The Morgan fingerprint density at radius 3 is 2.37 bits per heavy atom. The topological polar surface area (TPSA) is 90.0 Å². The van der Waals surface area contributed by atoms with Crippen LogP contribution in [-0.2, 0) is 24.3 Å². The van der Waals surface area contributed by atoms with Gasteiger partial charge in [-0.1, -0.05) is 18.2 Å². The fourth-order valence-electron chi connectivity index (χ4n) is 2.76. The first-order valence-corrected chi connectivity index (χ1v) is 9.93. The van der Waals surface area contributed by atoms with Crippen molar-refractivity contribution >= 4 is 27.6 Å². The molecule has 27 heavy (non-hydrogen) atoms. The second-order valence-electron chi connectivity index (χ2n) is 5.88. The molecular weight excluding hydrogens is 370 g/mol. The Labute approximate surface area is 157 Å². The summed E-state index contributed by atoms with van der Waals surface area (Å²) in [6, 6.07) is 14.2. The van der Waals surface area contributed by atoms with Gasteiger partial charge in [-0.05, 0) is 43.3 Å². The lowest BCUT2D eigenvalue weighted by Crippen LogP contribution is -2.30. The summed E-state index contributed by atoms with van der Waals surface area (Å²) >= 11 is 0. The van der Waals surface area contributed by atoms with E-state index < -0.39 is 28.1 Å². The normalized spacial score (nSPS) is 16.6. The molecule has 1 heterocycles. The number of nitrogens with zero attached hydrogens (tertiary/aromatic N) is 1. The summed E-state index contributed by atoms with van der Waals surface area (Å²) in [6.45, 7) is 2.23. The van der Waals surface area contributed by atoms with Crippen molar-refractivity contribution in [1.82, 2.24) is 0 Å². The molecule has 0 N–H and O–H groups in total.